The fourth-order valence-corrected chi connectivity index (χ4v) is 3.94. The van der Waals surface area contributed by atoms with Gasteiger partial charge >= 0.3 is 0 Å². The summed E-state index contributed by atoms with van der Waals surface area (Å²) in [5, 5.41) is 2.74. The van der Waals surface area contributed by atoms with E-state index in [1.807, 2.05) is 42.5 Å². The molecule has 0 saturated carbocycles. The number of anilines is 1. The first-order chi connectivity index (χ1) is 17.6. The van der Waals surface area contributed by atoms with Crippen LogP contribution in [-0.4, -0.2) is 39.1 Å². The lowest BCUT2D eigenvalue weighted by atomic mass is 10.1. The summed E-state index contributed by atoms with van der Waals surface area (Å²) in [6.45, 7) is 0.551. The number of nitrogens with one attached hydrogen (secondary N) is 1. The zero-order chi connectivity index (χ0) is 24.9. The third-order valence-electron chi connectivity index (χ3n) is 5.85. The number of rotatable bonds is 8. The fourth-order valence-electron chi connectivity index (χ4n) is 3.94. The Bertz CT molecular complexity index is 1420. The van der Waals surface area contributed by atoms with Crippen molar-refractivity contribution >= 4 is 23.5 Å². The molecule has 0 saturated heterocycles. The smallest absolute Gasteiger partial charge is 0.261 e. The Morgan fingerprint density at radius 1 is 0.833 bits per heavy atom. The number of hydrogen-bond acceptors (Lipinski definition) is 6. The van der Waals surface area contributed by atoms with Gasteiger partial charge in [-0.25, -0.2) is 4.98 Å². The number of pyridine rings is 2. The van der Waals surface area contributed by atoms with Crippen LogP contribution in [0, 0.1) is 0 Å². The minimum Gasteiger partial charge on any atom is -0.485 e. The van der Waals surface area contributed by atoms with Crippen molar-refractivity contribution < 1.29 is 19.1 Å². The maximum Gasteiger partial charge on any atom is 0.261 e. The zero-order valence-electron chi connectivity index (χ0n) is 19.3. The van der Waals surface area contributed by atoms with Crippen molar-refractivity contribution in [2.24, 2.45) is 0 Å². The van der Waals surface area contributed by atoms with Crippen LogP contribution in [-0.2, 0) is 13.0 Å². The van der Waals surface area contributed by atoms with E-state index in [0.717, 1.165) is 11.1 Å². The van der Waals surface area contributed by atoms with Crippen LogP contribution >= 0.6 is 0 Å². The molecular formula is C28H22N4O4. The molecule has 0 spiro atoms. The Labute approximate surface area is 207 Å². The van der Waals surface area contributed by atoms with E-state index >= 15 is 0 Å². The van der Waals surface area contributed by atoms with E-state index in [2.05, 4.69) is 15.3 Å². The number of ether oxygens (including phenoxy) is 1. The van der Waals surface area contributed by atoms with Crippen molar-refractivity contribution in [2.45, 2.75) is 13.0 Å². The van der Waals surface area contributed by atoms with E-state index in [1.54, 1.807) is 30.7 Å². The monoisotopic (exact) mass is 478 g/mol. The van der Waals surface area contributed by atoms with Crippen molar-refractivity contribution in [1.82, 2.24) is 14.9 Å². The Balaban J connectivity index is 1.28. The minimum atomic E-state index is -0.465. The van der Waals surface area contributed by atoms with Crippen LogP contribution in [0.25, 0.3) is 0 Å². The first kappa shape index (κ1) is 22.9. The molecule has 0 radical (unpaired) electrons. The number of nitrogens with zero attached hydrogens (tertiary/aromatic N) is 3. The summed E-state index contributed by atoms with van der Waals surface area (Å²) in [7, 11) is 0. The number of carbonyl (C=O) groups is 3. The lowest BCUT2D eigenvalue weighted by molar-refractivity contribution is 0.0656. The van der Waals surface area contributed by atoms with E-state index in [-0.39, 0.29) is 36.0 Å². The molecule has 2 aromatic carbocycles. The van der Waals surface area contributed by atoms with Crippen molar-refractivity contribution in [3.8, 4) is 5.75 Å². The van der Waals surface area contributed by atoms with Gasteiger partial charge in [0.15, 0.2) is 11.6 Å². The molecule has 1 aliphatic heterocycles. The standard InChI is InChI=1S/C28H22N4O4/c33-26(31-25-24(7-4-13-30-25)36-18-20-10-14-29-15-11-20)21-8-9-22-23(17-21)28(35)32(27(22)34)16-12-19-5-2-1-3-6-19/h1-11,13-15,17H,12,16,18H2,(H,30,31,33). The Hall–Kier alpha value is -4.85. The molecule has 3 amide bonds. The predicted octanol–water partition coefficient (Wildman–Crippen LogP) is 4.15. The molecule has 4 aromatic rings. The topological polar surface area (TPSA) is 101 Å². The summed E-state index contributed by atoms with van der Waals surface area (Å²) in [5.74, 6) is -0.562. The highest BCUT2D eigenvalue weighted by atomic mass is 16.5. The molecule has 1 N–H and O–H groups in total. The third-order valence-corrected chi connectivity index (χ3v) is 5.85. The summed E-state index contributed by atoms with van der Waals surface area (Å²) in [5.41, 5.74) is 2.71. The molecule has 3 heterocycles. The Kier molecular flexibility index (Phi) is 6.48. The molecule has 8 nitrogen and oxygen atoms in total. The fraction of sp³-hybridized carbons (Fsp3) is 0.107. The highest BCUT2D eigenvalue weighted by Gasteiger charge is 2.35. The largest absolute Gasteiger partial charge is 0.485 e. The second-order valence-corrected chi connectivity index (χ2v) is 8.21. The molecule has 36 heavy (non-hydrogen) atoms. The lowest BCUT2D eigenvalue weighted by Crippen LogP contribution is -2.31. The highest BCUT2D eigenvalue weighted by Crippen LogP contribution is 2.26. The van der Waals surface area contributed by atoms with Gasteiger partial charge in [-0.2, -0.15) is 0 Å². The normalized spacial score (nSPS) is 12.4. The van der Waals surface area contributed by atoms with Crippen LogP contribution in [0.3, 0.4) is 0 Å². The number of benzene rings is 2. The minimum absolute atomic E-state index is 0.218. The van der Waals surface area contributed by atoms with Crippen molar-refractivity contribution in [3.05, 3.63) is 119 Å². The molecule has 8 heteroatoms. The SMILES string of the molecule is O=C(Nc1ncccc1OCc1ccncc1)c1ccc2c(c1)C(=O)N(CCc1ccccc1)C2=O. The first-order valence-corrected chi connectivity index (χ1v) is 11.4. The second kappa shape index (κ2) is 10.2. The quantitative estimate of drug-likeness (QED) is 0.382. The van der Waals surface area contributed by atoms with E-state index < -0.39 is 11.8 Å². The van der Waals surface area contributed by atoms with E-state index in [9.17, 15) is 14.4 Å². The van der Waals surface area contributed by atoms with Gasteiger partial charge in [-0.1, -0.05) is 30.3 Å². The van der Waals surface area contributed by atoms with Gasteiger partial charge in [-0.3, -0.25) is 24.3 Å². The molecule has 0 unspecified atom stereocenters. The van der Waals surface area contributed by atoms with E-state index in [4.69, 9.17) is 4.74 Å². The second-order valence-electron chi connectivity index (χ2n) is 8.21. The summed E-state index contributed by atoms with van der Waals surface area (Å²) < 4.78 is 5.83. The van der Waals surface area contributed by atoms with Crippen molar-refractivity contribution in [2.75, 3.05) is 11.9 Å². The van der Waals surface area contributed by atoms with Crippen LogP contribution in [0.2, 0.25) is 0 Å². The highest BCUT2D eigenvalue weighted by molar-refractivity contribution is 6.22. The summed E-state index contributed by atoms with van der Waals surface area (Å²) in [6.07, 6.45) is 5.45. The lowest BCUT2D eigenvalue weighted by Gasteiger charge is -2.13. The number of amides is 3. The maximum absolute atomic E-state index is 13.0. The number of aromatic nitrogens is 2. The molecule has 2 aromatic heterocycles. The number of hydrogen-bond donors (Lipinski definition) is 1. The van der Waals surface area contributed by atoms with Gasteiger partial charge in [-0.15, -0.1) is 0 Å². The maximum atomic E-state index is 13.0. The molecule has 0 bridgehead atoms. The third kappa shape index (κ3) is 4.83. The van der Waals surface area contributed by atoms with Crippen molar-refractivity contribution in [3.63, 3.8) is 0 Å². The van der Waals surface area contributed by atoms with Crippen LogP contribution in [0.4, 0.5) is 5.82 Å². The number of imide groups is 1. The average Bonchev–Trinajstić information content (AvgIpc) is 3.16. The van der Waals surface area contributed by atoms with Gasteiger partial charge in [0.05, 0.1) is 11.1 Å². The molecule has 178 valence electrons. The number of fused-ring (bicyclic) bond motifs is 1. The van der Waals surface area contributed by atoms with Crippen molar-refractivity contribution in [1.29, 1.82) is 0 Å². The van der Waals surface area contributed by atoms with Crippen LogP contribution in [0.5, 0.6) is 5.75 Å². The number of carbonyl (C=O) groups excluding carboxylic acids is 3. The molecule has 5 rings (SSSR count). The molecule has 0 fully saturated rings. The van der Waals surface area contributed by atoms with Crippen LogP contribution in [0.1, 0.15) is 42.2 Å². The predicted molar refractivity (Wildman–Crippen MR) is 133 cm³/mol. The summed E-state index contributed by atoms with van der Waals surface area (Å²) in [6, 6.07) is 21.2. The van der Waals surface area contributed by atoms with E-state index in [1.165, 1.54) is 23.1 Å². The summed E-state index contributed by atoms with van der Waals surface area (Å²) >= 11 is 0. The summed E-state index contributed by atoms with van der Waals surface area (Å²) in [4.78, 5) is 48.2. The Morgan fingerprint density at radius 3 is 2.42 bits per heavy atom. The zero-order valence-corrected chi connectivity index (χ0v) is 19.3. The van der Waals surface area contributed by atoms with Gasteiger partial charge in [0.2, 0.25) is 0 Å². The van der Waals surface area contributed by atoms with E-state index in [0.29, 0.717) is 17.7 Å². The molecule has 1 aliphatic rings. The van der Waals surface area contributed by atoms with Gasteiger partial charge in [0, 0.05) is 30.7 Å². The molecule has 0 aliphatic carbocycles. The molecule has 0 atom stereocenters. The molecular weight excluding hydrogens is 456 g/mol. The van der Waals surface area contributed by atoms with Gasteiger partial charge < -0.3 is 10.1 Å². The van der Waals surface area contributed by atoms with Gasteiger partial charge in [-0.05, 0) is 60.0 Å². The van der Waals surface area contributed by atoms with Gasteiger partial charge in [0.25, 0.3) is 17.7 Å². The first-order valence-electron chi connectivity index (χ1n) is 11.4. The van der Waals surface area contributed by atoms with Crippen LogP contribution < -0.4 is 10.1 Å². The van der Waals surface area contributed by atoms with Gasteiger partial charge in [0.1, 0.15) is 6.61 Å². The van der Waals surface area contributed by atoms with Crippen LogP contribution in [0.15, 0.2) is 91.4 Å². The average molecular weight is 479 g/mol. The Morgan fingerprint density at radius 2 is 1.61 bits per heavy atom.